The molecule has 39 heavy (non-hydrogen) atoms. The SMILES string of the molecule is CCO[C@@H]1CC[C@@H](OC(=O)/C=C/c2ccc(OC)c(OCCOSC)c2)[C@@H](OC)[C@@H]1C1(C)OC1CC=C(C)C. The Labute approximate surface area is 237 Å². The van der Waals surface area contributed by atoms with Crippen LogP contribution in [-0.2, 0) is 27.9 Å². The third-order valence-electron chi connectivity index (χ3n) is 7.30. The zero-order chi connectivity index (χ0) is 28.4. The fraction of sp³-hybridized carbons (Fsp3) is 0.633. The second kappa shape index (κ2) is 15.1. The lowest BCUT2D eigenvalue weighted by atomic mass is 9.73. The van der Waals surface area contributed by atoms with E-state index in [1.54, 1.807) is 26.4 Å². The summed E-state index contributed by atoms with van der Waals surface area (Å²) in [6.07, 6.45) is 8.81. The van der Waals surface area contributed by atoms with Crippen LogP contribution >= 0.6 is 12.0 Å². The summed E-state index contributed by atoms with van der Waals surface area (Å²) < 4.78 is 40.7. The van der Waals surface area contributed by atoms with Gasteiger partial charge in [-0.2, -0.15) is 0 Å². The third-order valence-corrected chi connectivity index (χ3v) is 7.70. The maximum absolute atomic E-state index is 12.9. The van der Waals surface area contributed by atoms with E-state index in [2.05, 4.69) is 26.8 Å². The van der Waals surface area contributed by atoms with Crippen molar-refractivity contribution in [3.05, 3.63) is 41.5 Å². The van der Waals surface area contributed by atoms with Crippen molar-refractivity contribution in [2.45, 2.75) is 77.0 Å². The highest BCUT2D eigenvalue weighted by Gasteiger charge is 2.63. The molecule has 0 aromatic heterocycles. The van der Waals surface area contributed by atoms with Gasteiger partial charge in [-0.15, -0.1) is 0 Å². The predicted molar refractivity (Wildman–Crippen MR) is 153 cm³/mol. The number of rotatable bonds is 15. The normalized spacial score (nSPS) is 28.2. The van der Waals surface area contributed by atoms with Crippen molar-refractivity contribution in [2.75, 3.05) is 40.3 Å². The summed E-state index contributed by atoms with van der Waals surface area (Å²) in [6.45, 7) is 9.74. The average Bonchev–Trinajstić information content (AvgIpc) is 3.59. The van der Waals surface area contributed by atoms with Crippen LogP contribution in [0.2, 0.25) is 0 Å². The molecule has 1 aromatic carbocycles. The topological polar surface area (TPSA) is 85.0 Å². The molecule has 6 atom stereocenters. The molecule has 3 rings (SSSR count). The Morgan fingerprint density at radius 2 is 1.92 bits per heavy atom. The standard InChI is InChI=1S/C30H44O8S/c1-8-34-23-13-14-24(29(33-6)28(23)30(4)26(38-30)15-9-20(2)3)37-27(31)16-11-21-10-12-22(32-5)25(19-21)35-17-18-36-39-7/h9-12,16,19,23-24,26,28-29H,8,13-15,17-18H2,1-7H3/b16-11+/t23-,24-,26?,28-,29-,30?/m1/s1. The first-order valence-corrected chi connectivity index (χ1v) is 14.7. The molecule has 0 amide bonds. The molecule has 2 aliphatic rings. The van der Waals surface area contributed by atoms with Crippen molar-refractivity contribution >= 4 is 24.1 Å². The van der Waals surface area contributed by atoms with Crippen molar-refractivity contribution in [2.24, 2.45) is 5.92 Å². The number of methoxy groups -OCH3 is 2. The van der Waals surface area contributed by atoms with Crippen LogP contribution in [0.4, 0.5) is 0 Å². The van der Waals surface area contributed by atoms with Gasteiger partial charge in [0.15, 0.2) is 11.5 Å². The Balaban J connectivity index is 1.68. The van der Waals surface area contributed by atoms with Crippen LogP contribution in [0.1, 0.15) is 52.5 Å². The van der Waals surface area contributed by atoms with E-state index >= 15 is 0 Å². The van der Waals surface area contributed by atoms with E-state index in [1.807, 2.05) is 25.3 Å². The van der Waals surface area contributed by atoms with Gasteiger partial charge in [0.1, 0.15) is 24.4 Å². The second-order valence-electron chi connectivity index (χ2n) is 10.2. The maximum atomic E-state index is 12.9. The Kier molecular flexibility index (Phi) is 12.2. The Bertz CT molecular complexity index is 991. The number of carbonyl (C=O) groups is 1. The molecule has 1 aromatic rings. The van der Waals surface area contributed by atoms with Crippen LogP contribution in [-0.4, -0.2) is 76.3 Å². The van der Waals surface area contributed by atoms with Gasteiger partial charge in [-0.25, -0.2) is 4.79 Å². The maximum Gasteiger partial charge on any atom is 0.331 e. The highest BCUT2D eigenvalue weighted by atomic mass is 32.2. The molecule has 0 bridgehead atoms. The van der Waals surface area contributed by atoms with Crippen molar-refractivity contribution in [1.82, 2.24) is 0 Å². The molecule has 1 saturated heterocycles. The summed E-state index contributed by atoms with van der Waals surface area (Å²) in [5, 5.41) is 0. The van der Waals surface area contributed by atoms with E-state index in [0.29, 0.717) is 37.7 Å². The number of hydrogen-bond acceptors (Lipinski definition) is 9. The van der Waals surface area contributed by atoms with E-state index in [-0.39, 0.29) is 24.2 Å². The average molecular weight is 565 g/mol. The number of hydrogen-bond donors (Lipinski definition) is 0. The summed E-state index contributed by atoms with van der Waals surface area (Å²) in [5.41, 5.74) is 1.66. The number of allylic oxidation sites excluding steroid dienone is 1. The first kappa shape index (κ1) is 31.5. The van der Waals surface area contributed by atoms with E-state index in [4.69, 9.17) is 32.6 Å². The van der Waals surface area contributed by atoms with Crippen molar-refractivity contribution in [3.63, 3.8) is 0 Å². The largest absolute Gasteiger partial charge is 0.493 e. The van der Waals surface area contributed by atoms with Crippen molar-refractivity contribution in [1.29, 1.82) is 0 Å². The van der Waals surface area contributed by atoms with Crippen LogP contribution in [0.25, 0.3) is 6.08 Å². The first-order valence-electron chi connectivity index (χ1n) is 13.6. The van der Waals surface area contributed by atoms with Crippen LogP contribution in [0.3, 0.4) is 0 Å². The van der Waals surface area contributed by atoms with Gasteiger partial charge in [0.25, 0.3) is 0 Å². The zero-order valence-corrected chi connectivity index (χ0v) is 25.1. The molecule has 1 heterocycles. The molecule has 2 fully saturated rings. The summed E-state index contributed by atoms with van der Waals surface area (Å²) >= 11 is 1.29. The van der Waals surface area contributed by atoms with Gasteiger partial charge >= 0.3 is 5.97 Å². The molecule has 9 heteroatoms. The van der Waals surface area contributed by atoms with E-state index in [1.165, 1.54) is 23.7 Å². The minimum atomic E-state index is -0.426. The number of benzene rings is 1. The fourth-order valence-corrected chi connectivity index (χ4v) is 5.59. The predicted octanol–water partition coefficient (Wildman–Crippen LogP) is 5.64. The molecule has 1 saturated carbocycles. The zero-order valence-electron chi connectivity index (χ0n) is 24.3. The summed E-state index contributed by atoms with van der Waals surface area (Å²) in [4.78, 5) is 12.9. The van der Waals surface area contributed by atoms with Gasteiger partial charge in [0.2, 0.25) is 0 Å². The second-order valence-corrected chi connectivity index (χ2v) is 10.7. The molecule has 0 spiro atoms. The molecule has 0 radical (unpaired) electrons. The Morgan fingerprint density at radius 1 is 1.15 bits per heavy atom. The van der Waals surface area contributed by atoms with E-state index < -0.39 is 17.7 Å². The van der Waals surface area contributed by atoms with Gasteiger partial charge in [0.05, 0.1) is 25.9 Å². The third kappa shape index (κ3) is 8.47. The fourth-order valence-electron chi connectivity index (χ4n) is 5.36. The first-order chi connectivity index (χ1) is 18.8. The summed E-state index contributed by atoms with van der Waals surface area (Å²) in [7, 11) is 3.26. The lowest BCUT2D eigenvalue weighted by molar-refractivity contribution is -0.176. The summed E-state index contributed by atoms with van der Waals surface area (Å²) in [5.74, 6) is 0.711. The number of ether oxygens (including phenoxy) is 6. The van der Waals surface area contributed by atoms with Gasteiger partial charge in [0, 0.05) is 32.0 Å². The minimum Gasteiger partial charge on any atom is -0.493 e. The van der Waals surface area contributed by atoms with E-state index in [0.717, 1.165) is 18.4 Å². The van der Waals surface area contributed by atoms with Crippen molar-refractivity contribution < 1.29 is 37.4 Å². The van der Waals surface area contributed by atoms with Crippen LogP contribution in [0.5, 0.6) is 11.5 Å². The lowest BCUT2D eigenvalue weighted by Crippen LogP contribution is -2.54. The lowest BCUT2D eigenvalue weighted by Gasteiger charge is -2.43. The monoisotopic (exact) mass is 564 g/mol. The smallest absolute Gasteiger partial charge is 0.331 e. The number of epoxide rings is 1. The van der Waals surface area contributed by atoms with Crippen LogP contribution in [0.15, 0.2) is 35.9 Å². The van der Waals surface area contributed by atoms with Crippen LogP contribution < -0.4 is 9.47 Å². The molecule has 0 N–H and O–H groups in total. The van der Waals surface area contributed by atoms with Crippen LogP contribution in [0, 0.1) is 5.92 Å². The molecular formula is C30H44O8S. The van der Waals surface area contributed by atoms with Gasteiger partial charge in [-0.1, -0.05) is 17.7 Å². The van der Waals surface area contributed by atoms with Gasteiger partial charge in [-0.3, -0.25) is 0 Å². The molecule has 1 aliphatic heterocycles. The summed E-state index contributed by atoms with van der Waals surface area (Å²) in [6, 6.07) is 5.48. The highest BCUT2D eigenvalue weighted by molar-refractivity contribution is 7.93. The number of carbonyl (C=O) groups excluding carboxylic acids is 1. The Hall–Kier alpha value is -2.04. The van der Waals surface area contributed by atoms with Gasteiger partial charge < -0.3 is 32.6 Å². The Morgan fingerprint density at radius 3 is 2.59 bits per heavy atom. The molecule has 8 nitrogen and oxygen atoms in total. The molecule has 218 valence electrons. The van der Waals surface area contributed by atoms with Gasteiger partial charge in [-0.05, 0) is 82.8 Å². The molecule has 2 unspecified atom stereocenters. The van der Waals surface area contributed by atoms with Crippen molar-refractivity contribution in [3.8, 4) is 11.5 Å². The highest BCUT2D eigenvalue weighted by Crippen LogP contribution is 2.52. The molecular weight excluding hydrogens is 520 g/mol. The minimum absolute atomic E-state index is 0.0220. The molecule has 1 aliphatic carbocycles. The quantitative estimate of drug-likeness (QED) is 0.0671. The van der Waals surface area contributed by atoms with E-state index in [9.17, 15) is 4.79 Å². The number of esters is 1.